The van der Waals surface area contributed by atoms with Crippen LogP contribution in [0.5, 0.6) is 0 Å². The fourth-order valence-electron chi connectivity index (χ4n) is 3.63. The lowest BCUT2D eigenvalue weighted by molar-refractivity contribution is -0.116. The highest BCUT2D eigenvalue weighted by molar-refractivity contribution is 7.18. The number of thiophene rings is 2. The molecule has 4 heterocycles. The third kappa shape index (κ3) is 4.12. The van der Waals surface area contributed by atoms with Gasteiger partial charge in [0.05, 0.1) is 24.9 Å². The Labute approximate surface area is 186 Å². The van der Waals surface area contributed by atoms with Crippen molar-refractivity contribution >= 4 is 50.2 Å². The minimum atomic E-state index is -0.268. The summed E-state index contributed by atoms with van der Waals surface area (Å²) in [6.45, 7) is 3.08. The molecule has 0 spiro atoms. The Hall–Kier alpha value is -3.01. The Morgan fingerprint density at radius 1 is 1.13 bits per heavy atom. The number of hydrogen-bond acceptors (Lipinski definition) is 7. The van der Waals surface area contributed by atoms with Gasteiger partial charge in [-0.15, -0.1) is 22.7 Å². The van der Waals surface area contributed by atoms with Gasteiger partial charge in [0.15, 0.2) is 0 Å². The molecular formula is C22H20N4O3S2. The maximum atomic E-state index is 13.1. The molecule has 1 amide bonds. The number of morpholine rings is 1. The molecule has 1 N–H and O–H groups in total. The molecule has 1 saturated heterocycles. The van der Waals surface area contributed by atoms with Gasteiger partial charge in [-0.3, -0.25) is 14.2 Å². The molecule has 4 aromatic rings. The van der Waals surface area contributed by atoms with Crippen LogP contribution in [-0.4, -0.2) is 41.8 Å². The Morgan fingerprint density at radius 3 is 2.68 bits per heavy atom. The zero-order chi connectivity index (χ0) is 21.2. The Balaban J connectivity index is 1.32. The molecule has 7 nitrogen and oxygen atoms in total. The highest BCUT2D eigenvalue weighted by atomic mass is 32.1. The molecule has 31 heavy (non-hydrogen) atoms. The number of rotatable bonds is 5. The lowest BCUT2D eigenvalue weighted by atomic mass is 10.2. The van der Waals surface area contributed by atoms with E-state index in [0.29, 0.717) is 15.9 Å². The molecule has 0 saturated carbocycles. The number of benzene rings is 1. The van der Waals surface area contributed by atoms with Gasteiger partial charge >= 0.3 is 0 Å². The molecular weight excluding hydrogens is 432 g/mol. The van der Waals surface area contributed by atoms with Crippen molar-refractivity contribution in [1.29, 1.82) is 0 Å². The van der Waals surface area contributed by atoms with E-state index in [4.69, 9.17) is 4.74 Å². The zero-order valence-corrected chi connectivity index (χ0v) is 18.2. The van der Waals surface area contributed by atoms with E-state index in [-0.39, 0.29) is 18.0 Å². The maximum absolute atomic E-state index is 13.1. The van der Waals surface area contributed by atoms with Gasteiger partial charge in [0.25, 0.3) is 5.56 Å². The smallest absolute Gasteiger partial charge is 0.263 e. The second kappa shape index (κ2) is 8.62. The molecule has 5 rings (SSSR count). The van der Waals surface area contributed by atoms with E-state index in [1.807, 2.05) is 47.2 Å². The van der Waals surface area contributed by atoms with Crippen molar-refractivity contribution in [2.45, 2.75) is 6.54 Å². The molecule has 1 aliphatic heterocycles. The number of ether oxygens (including phenoxy) is 1. The van der Waals surface area contributed by atoms with Gasteiger partial charge in [0.1, 0.15) is 11.4 Å². The normalized spacial score (nSPS) is 14.1. The van der Waals surface area contributed by atoms with Gasteiger partial charge in [0.2, 0.25) is 5.91 Å². The third-order valence-corrected chi connectivity index (χ3v) is 6.98. The van der Waals surface area contributed by atoms with Crippen LogP contribution in [0.25, 0.3) is 20.7 Å². The fourth-order valence-corrected chi connectivity index (χ4v) is 5.35. The van der Waals surface area contributed by atoms with E-state index in [9.17, 15) is 9.59 Å². The largest absolute Gasteiger partial charge is 0.378 e. The SMILES string of the molecule is O=C(Cn1cnc2scc(-c3cccs3)c2c1=O)Nc1ccc(N2CCOCC2)cc1. The molecule has 0 radical (unpaired) electrons. The van der Waals surface area contributed by atoms with Crippen LogP contribution in [0.1, 0.15) is 0 Å². The Bertz CT molecular complexity index is 1260. The van der Waals surface area contributed by atoms with Crippen LogP contribution >= 0.6 is 22.7 Å². The molecule has 0 atom stereocenters. The second-order valence-corrected chi connectivity index (χ2v) is 8.98. The summed E-state index contributed by atoms with van der Waals surface area (Å²) >= 11 is 3.02. The average molecular weight is 453 g/mol. The number of carbonyl (C=O) groups excluding carboxylic acids is 1. The molecule has 9 heteroatoms. The molecule has 1 aliphatic rings. The summed E-state index contributed by atoms with van der Waals surface area (Å²) in [5.74, 6) is -0.268. The molecule has 1 aromatic carbocycles. The van der Waals surface area contributed by atoms with Crippen LogP contribution in [0, 0.1) is 0 Å². The average Bonchev–Trinajstić information content (AvgIpc) is 3.47. The van der Waals surface area contributed by atoms with E-state index >= 15 is 0 Å². The van der Waals surface area contributed by atoms with E-state index in [1.165, 1.54) is 22.2 Å². The number of aromatic nitrogens is 2. The molecule has 1 fully saturated rings. The van der Waals surface area contributed by atoms with Gasteiger partial charge in [0, 0.05) is 40.3 Å². The van der Waals surface area contributed by atoms with E-state index < -0.39 is 0 Å². The van der Waals surface area contributed by atoms with Gasteiger partial charge in [-0.25, -0.2) is 4.98 Å². The number of carbonyl (C=O) groups is 1. The van der Waals surface area contributed by atoms with Crippen LogP contribution < -0.4 is 15.8 Å². The summed E-state index contributed by atoms with van der Waals surface area (Å²) in [6, 6.07) is 11.7. The van der Waals surface area contributed by atoms with Crippen LogP contribution in [0.3, 0.4) is 0 Å². The van der Waals surface area contributed by atoms with Crippen molar-refractivity contribution in [2.75, 3.05) is 36.5 Å². The molecule has 3 aromatic heterocycles. The van der Waals surface area contributed by atoms with Crippen LogP contribution in [0.2, 0.25) is 0 Å². The van der Waals surface area contributed by atoms with Crippen molar-refractivity contribution in [3.8, 4) is 10.4 Å². The fraction of sp³-hybridized carbons (Fsp3) is 0.227. The standard InChI is InChI=1S/C22H20N4O3S2/c27-19(24-15-3-5-16(6-4-15)25-7-9-29-10-8-25)12-26-14-23-21-20(22(26)28)17(13-31-21)18-2-1-11-30-18/h1-6,11,13-14H,7-10,12H2,(H,24,27). The summed E-state index contributed by atoms with van der Waals surface area (Å²) in [5, 5.41) is 7.36. The molecule has 0 aliphatic carbocycles. The predicted octanol–water partition coefficient (Wildman–Crippen LogP) is 3.66. The number of nitrogens with one attached hydrogen (secondary N) is 1. The molecule has 158 valence electrons. The summed E-state index contributed by atoms with van der Waals surface area (Å²) in [5.41, 5.74) is 2.47. The van der Waals surface area contributed by atoms with Crippen LogP contribution in [0.15, 0.2) is 58.3 Å². The first-order valence-corrected chi connectivity index (χ1v) is 11.7. The topological polar surface area (TPSA) is 76.5 Å². The zero-order valence-electron chi connectivity index (χ0n) is 16.6. The lowest BCUT2D eigenvalue weighted by Gasteiger charge is -2.28. The van der Waals surface area contributed by atoms with Gasteiger partial charge < -0.3 is 15.0 Å². The number of fused-ring (bicyclic) bond motifs is 1. The summed E-state index contributed by atoms with van der Waals surface area (Å²) in [6.07, 6.45) is 1.44. The van der Waals surface area contributed by atoms with Crippen LogP contribution in [-0.2, 0) is 16.1 Å². The van der Waals surface area contributed by atoms with Crippen molar-refractivity contribution in [3.05, 3.63) is 63.8 Å². The Kier molecular flexibility index (Phi) is 5.54. The number of nitrogens with zero attached hydrogens (tertiary/aromatic N) is 3. The number of hydrogen-bond donors (Lipinski definition) is 1. The molecule has 0 unspecified atom stereocenters. The maximum Gasteiger partial charge on any atom is 0.263 e. The van der Waals surface area contributed by atoms with Crippen molar-refractivity contribution in [2.24, 2.45) is 0 Å². The minimum absolute atomic E-state index is 0.0906. The van der Waals surface area contributed by atoms with Gasteiger partial charge in [-0.2, -0.15) is 0 Å². The highest BCUT2D eigenvalue weighted by Gasteiger charge is 2.16. The quantitative estimate of drug-likeness (QED) is 0.500. The van der Waals surface area contributed by atoms with Gasteiger partial charge in [-0.1, -0.05) is 6.07 Å². The Morgan fingerprint density at radius 2 is 1.94 bits per heavy atom. The van der Waals surface area contributed by atoms with Crippen molar-refractivity contribution in [3.63, 3.8) is 0 Å². The third-order valence-electron chi connectivity index (χ3n) is 5.19. The van der Waals surface area contributed by atoms with E-state index in [0.717, 1.165) is 42.4 Å². The first kappa shape index (κ1) is 19.9. The predicted molar refractivity (Wildman–Crippen MR) is 125 cm³/mol. The second-order valence-electron chi connectivity index (χ2n) is 7.18. The number of anilines is 2. The first-order valence-electron chi connectivity index (χ1n) is 9.92. The van der Waals surface area contributed by atoms with Crippen LogP contribution in [0.4, 0.5) is 11.4 Å². The van der Waals surface area contributed by atoms with E-state index in [1.54, 1.807) is 11.3 Å². The monoisotopic (exact) mass is 452 g/mol. The molecule has 0 bridgehead atoms. The summed E-state index contributed by atoms with van der Waals surface area (Å²) in [7, 11) is 0. The minimum Gasteiger partial charge on any atom is -0.378 e. The van der Waals surface area contributed by atoms with Crippen molar-refractivity contribution < 1.29 is 9.53 Å². The summed E-state index contributed by atoms with van der Waals surface area (Å²) in [4.78, 5) is 34.0. The highest BCUT2D eigenvalue weighted by Crippen LogP contribution is 2.33. The summed E-state index contributed by atoms with van der Waals surface area (Å²) < 4.78 is 6.75. The van der Waals surface area contributed by atoms with Crippen molar-refractivity contribution in [1.82, 2.24) is 9.55 Å². The van der Waals surface area contributed by atoms with E-state index in [2.05, 4.69) is 15.2 Å². The van der Waals surface area contributed by atoms with Gasteiger partial charge in [-0.05, 0) is 35.7 Å². The lowest BCUT2D eigenvalue weighted by Crippen LogP contribution is -2.36. The first-order chi connectivity index (χ1) is 15.2. The number of amides is 1.